The Balaban J connectivity index is 3.35. The zero-order chi connectivity index (χ0) is 19.7. The highest BCUT2D eigenvalue weighted by molar-refractivity contribution is 7.80. The summed E-state index contributed by atoms with van der Waals surface area (Å²) in [6, 6.07) is 11.2. The molecular formula is C16H32O6SSi3. The Kier molecular flexibility index (Phi) is 10.3. The molecule has 0 spiro atoms. The van der Waals surface area contributed by atoms with E-state index in [9.17, 15) is 0 Å². The molecule has 0 aromatic heterocycles. The Morgan fingerprint density at radius 3 is 1.65 bits per heavy atom. The van der Waals surface area contributed by atoms with Crippen LogP contribution in [0.5, 0.6) is 0 Å². The van der Waals surface area contributed by atoms with Crippen molar-refractivity contribution in [3.8, 4) is 0 Å². The first kappa shape index (κ1) is 24.0. The lowest BCUT2D eigenvalue weighted by atomic mass is 10.4. The Labute approximate surface area is 166 Å². The molecule has 0 saturated heterocycles. The van der Waals surface area contributed by atoms with Gasteiger partial charge in [0.15, 0.2) is 0 Å². The van der Waals surface area contributed by atoms with Gasteiger partial charge < -0.3 is 25.9 Å². The predicted molar refractivity (Wildman–Crippen MR) is 113 cm³/mol. The highest BCUT2D eigenvalue weighted by Crippen LogP contribution is 2.27. The summed E-state index contributed by atoms with van der Waals surface area (Å²) in [7, 11) is -2.29. The maximum absolute atomic E-state index is 6.62. The first-order chi connectivity index (χ1) is 12.4. The third-order valence-electron chi connectivity index (χ3n) is 4.22. The molecule has 1 aromatic carbocycles. The second-order valence-electron chi connectivity index (χ2n) is 5.92. The maximum Gasteiger partial charge on any atom is 0.492 e. The summed E-state index contributed by atoms with van der Waals surface area (Å²) < 4.78 is 36.2. The Hall–Kier alpha value is -0.0194. The van der Waals surface area contributed by atoms with E-state index in [2.05, 4.69) is 19.6 Å². The van der Waals surface area contributed by atoms with E-state index in [0.717, 1.165) is 11.6 Å². The van der Waals surface area contributed by atoms with E-state index in [-0.39, 0.29) is 0 Å². The monoisotopic (exact) mass is 436 g/mol. The quantitative estimate of drug-likeness (QED) is 0.379. The van der Waals surface area contributed by atoms with Gasteiger partial charge in [0.05, 0.1) is 0 Å². The van der Waals surface area contributed by atoms with Crippen LogP contribution < -0.4 is 5.19 Å². The molecule has 0 N–H and O–H groups in total. The fraction of sp³-hybridized carbons (Fsp3) is 0.625. The van der Waals surface area contributed by atoms with E-state index in [1.165, 1.54) is 0 Å². The molecule has 0 heterocycles. The van der Waals surface area contributed by atoms with Gasteiger partial charge in [-0.15, -0.1) is 0 Å². The van der Waals surface area contributed by atoms with Gasteiger partial charge in [0.1, 0.15) is 0 Å². The minimum Gasteiger partial charge on any atom is -0.390 e. The Bertz CT molecular complexity index is 490. The minimum absolute atomic E-state index is 0.587. The number of thiol groups is 1. The third kappa shape index (κ3) is 5.99. The molecule has 10 heteroatoms. The molecule has 0 fully saturated rings. The van der Waals surface area contributed by atoms with Crippen LogP contribution in [-0.4, -0.2) is 60.4 Å². The molecule has 1 rings (SSSR count). The van der Waals surface area contributed by atoms with E-state index in [1.54, 1.807) is 28.4 Å². The van der Waals surface area contributed by atoms with Crippen molar-refractivity contribution in [1.29, 1.82) is 0 Å². The van der Waals surface area contributed by atoms with E-state index < -0.39 is 26.2 Å². The largest absolute Gasteiger partial charge is 0.492 e. The second kappa shape index (κ2) is 11.1. The van der Waals surface area contributed by atoms with Crippen LogP contribution in [0.15, 0.2) is 30.3 Å². The molecule has 1 unspecified atom stereocenters. The zero-order valence-corrected chi connectivity index (χ0v) is 20.5. The second-order valence-corrected chi connectivity index (χ2v) is 15.8. The normalized spacial score (nSPS) is 15.0. The summed E-state index contributed by atoms with van der Waals surface area (Å²) >= 11 is 4.34. The van der Waals surface area contributed by atoms with E-state index in [1.807, 2.05) is 36.9 Å². The number of hydrogen-bond acceptors (Lipinski definition) is 7. The van der Waals surface area contributed by atoms with Gasteiger partial charge in [-0.05, 0) is 17.5 Å². The van der Waals surface area contributed by atoms with Crippen LogP contribution in [0.25, 0.3) is 0 Å². The lowest BCUT2D eigenvalue weighted by Gasteiger charge is -2.40. The van der Waals surface area contributed by atoms with Crippen LogP contribution in [0, 0.1) is 0 Å². The van der Waals surface area contributed by atoms with Crippen molar-refractivity contribution >= 4 is 44.0 Å². The van der Waals surface area contributed by atoms with Crippen molar-refractivity contribution in [2.75, 3.05) is 34.2 Å². The highest BCUT2D eigenvalue weighted by Gasteiger charge is 2.54. The van der Waals surface area contributed by atoms with Crippen molar-refractivity contribution in [2.45, 2.75) is 32.0 Å². The molecule has 1 aromatic rings. The van der Waals surface area contributed by atoms with Crippen LogP contribution in [0.1, 0.15) is 13.3 Å². The van der Waals surface area contributed by atoms with Crippen molar-refractivity contribution in [2.24, 2.45) is 0 Å². The molecule has 150 valence electrons. The lowest BCUT2D eigenvalue weighted by Crippen LogP contribution is -2.66. The zero-order valence-electron chi connectivity index (χ0n) is 16.6. The molecular weight excluding hydrogens is 404 g/mol. The van der Waals surface area contributed by atoms with Gasteiger partial charge in [-0.1, -0.05) is 43.7 Å². The van der Waals surface area contributed by atoms with Crippen molar-refractivity contribution < 1.29 is 25.9 Å². The SMILES string of the molecule is CCC[Si](OC)(OC)O[Si](C)(O[Si](CCS)(OC)OC)c1ccccc1. The third-order valence-corrected chi connectivity index (χ3v) is 16.3. The van der Waals surface area contributed by atoms with Crippen LogP contribution in [0.4, 0.5) is 0 Å². The summed E-state index contributed by atoms with van der Waals surface area (Å²) in [5, 5.41) is 0.979. The Morgan fingerprint density at radius 1 is 0.808 bits per heavy atom. The number of hydrogen-bond donors (Lipinski definition) is 1. The average Bonchev–Trinajstić information content (AvgIpc) is 2.68. The molecule has 0 amide bonds. The molecule has 0 aliphatic heterocycles. The van der Waals surface area contributed by atoms with Crippen LogP contribution in [-0.2, 0) is 25.9 Å². The number of benzene rings is 1. The van der Waals surface area contributed by atoms with E-state index >= 15 is 0 Å². The topological polar surface area (TPSA) is 55.4 Å². The molecule has 26 heavy (non-hydrogen) atoms. The molecule has 0 aliphatic rings. The fourth-order valence-electron chi connectivity index (χ4n) is 2.76. The van der Waals surface area contributed by atoms with Crippen molar-refractivity contribution in [3.05, 3.63) is 30.3 Å². The summed E-state index contributed by atoms with van der Waals surface area (Å²) in [6.07, 6.45) is 0.890. The average molecular weight is 437 g/mol. The van der Waals surface area contributed by atoms with Gasteiger partial charge in [0, 0.05) is 40.5 Å². The van der Waals surface area contributed by atoms with Gasteiger partial charge in [0.25, 0.3) is 0 Å². The number of rotatable bonds is 13. The van der Waals surface area contributed by atoms with E-state index in [4.69, 9.17) is 25.9 Å². The van der Waals surface area contributed by atoms with Gasteiger partial charge >= 0.3 is 26.2 Å². The first-order valence-corrected chi connectivity index (χ1v) is 15.5. The molecule has 1 atom stereocenters. The van der Waals surface area contributed by atoms with Gasteiger partial charge in [-0.2, -0.15) is 12.6 Å². The summed E-state index contributed by atoms with van der Waals surface area (Å²) in [5.41, 5.74) is 0. The molecule has 0 aliphatic carbocycles. The van der Waals surface area contributed by atoms with Gasteiger partial charge in [-0.3, -0.25) is 0 Å². The van der Waals surface area contributed by atoms with Crippen LogP contribution in [0.2, 0.25) is 18.6 Å². The van der Waals surface area contributed by atoms with Crippen molar-refractivity contribution in [1.82, 2.24) is 0 Å². The summed E-state index contributed by atoms with van der Waals surface area (Å²) in [4.78, 5) is 0. The Morgan fingerprint density at radius 2 is 1.27 bits per heavy atom. The fourth-order valence-corrected chi connectivity index (χ4v) is 14.8. The molecule has 0 bridgehead atoms. The molecule has 0 saturated carbocycles. The standard InChI is InChI=1S/C16H32O6SSi3/c1-7-14-25(17-2,18-3)21-24(6,16-11-9-8-10-12-16)22-26(19-4,20-5)15-13-23/h8-12,23H,7,13-15H2,1-6H3. The smallest absolute Gasteiger partial charge is 0.390 e. The van der Waals surface area contributed by atoms with Gasteiger partial charge in [-0.25, -0.2) is 0 Å². The van der Waals surface area contributed by atoms with Crippen molar-refractivity contribution in [3.63, 3.8) is 0 Å². The van der Waals surface area contributed by atoms with Crippen LogP contribution >= 0.6 is 12.6 Å². The lowest BCUT2D eigenvalue weighted by molar-refractivity contribution is 0.119. The van der Waals surface area contributed by atoms with Crippen LogP contribution in [0.3, 0.4) is 0 Å². The minimum atomic E-state index is -2.97. The molecule has 0 radical (unpaired) electrons. The summed E-state index contributed by atoms with van der Waals surface area (Å²) in [6.45, 7) is 4.08. The molecule has 6 nitrogen and oxygen atoms in total. The first-order valence-electron chi connectivity index (χ1n) is 8.66. The summed E-state index contributed by atoms with van der Waals surface area (Å²) in [5.74, 6) is 0.596. The van der Waals surface area contributed by atoms with E-state index in [0.29, 0.717) is 17.8 Å². The maximum atomic E-state index is 6.62. The highest BCUT2D eigenvalue weighted by atomic mass is 32.1. The van der Waals surface area contributed by atoms with Gasteiger partial charge in [0.2, 0.25) is 0 Å². The predicted octanol–water partition coefficient (Wildman–Crippen LogP) is 2.80.